The molecule has 0 fully saturated rings. The van der Waals surface area contributed by atoms with Crippen LogP contribution in [0.15, 0.2) is 243 Å². The Morgan fingerprint density at radius 3 is 1.52 bits per heavy atom. The average molecular weight is 801 g/mol. The minimum Gasteiger partial charge on any atom is -0.228 e. The predicted octanol–water partition coefficient (Wildman–Crippen LogP) is 15.5. The molecule has 11 aromatic rings. The Hall–Kier alpha value is -8.20. The third-order valence-corrected chi connectivity index (χ3v) is 13.0. The second-order valence-corrected chi connectivity index (χ2v) is 16.4. The summed E-state index contributed by atoms with van der Waals surface area (Å²) >= 11 is 0. The molecule has 0 spiro atoms. The molecule has 12 rings (SSSR count). The molecule has 10 aromatic carbocycles. The van der Waals surface area contributed by atoms with Crippen LogP contribution in [-0.4, -0.2) is 9.97 Å². The summed E-state index contributed by atoms with van der Waals surface area (Å²) in [4.78, 5) is 10.8. The Bertz CT molecular complexity index is 3440. The average Bonchev–Trinajstić information content (AvgIpc) is 3.67. The van der Waals surface area contributed by atoms with Gasteiger partial charge in [-0.15, -0.1) is 0 Å². The van der Waals surface area contributed by atoms with E-state index in [4.69, 9.17) is 9.97 Å². The van der Waals surface area contributed by atoms with E-state index in [-0.39, 0.29) is 0 Å². The quantitative estimate of drug-likeness (QED) is 0.160. The fourth-order valence-corrected chi connectivity index (χ4v) is 10.1. The van der Waals surface area contributed by atoms with E-state index in [1.165, 1.54) is 61.0 Å². The molecule has 0 saturated heterocycles. The first-order chi connectivity index (χ1) is 31.2. The van der Waals surface area contributed by atoms with Crippen molar-refractivity contribution >= 4 is 21.5 Å². The monoisotopic (exact) mass is 800 g/mol. The van der Waals surface area contributed by atoms with Gasteiger partial charge in [0.15, 0.2) is 5.82 Å². The maximum Gasteiger partial charge on any atom is 0.161 e. The first-order valence-electron chi connectivity index (χ1n) is 21.6. The van der Waals surface area contributed by atoms with Crippen LogP contribution in [0.4, 0.5) is 0 Å². The third-order valence-electron chi connectivity index (χ3n) is 13.0. The summed E-state index contributed by atoms with van der Waals surface area (Å²) < 4.78 is 0. The molecule has 0 amide bonds. The van der Waals surface area contributed by atoms with Gasteiger partial charge in [-0.25, -0.2) is 9.97 Å². The summed E-state index contributed by atoms with van der Waals surface area (Å²) in [5.74, 6) is 0.698. The van der Waals surface area contributed by atoms with Crippen molar-refractivity contribution in [1.29, 1.82) is 0 Å². The molecule has 0 bridgehead atoms. The number of benzene rings is 10. The standard InChI is InChI=1S/C61H40N2/c1-4-17-41(18-5-1)42-31-33-44(34-32-42)58-40-59(53-29-16-20-43-19-10-11-25-48(43)53)63-60(62-58)54-37-36-49(50-26-12-13-27-51(50)54)45-35-38-57-55(39-45)52-28-14-15-30-56(52)61(57,46-21-6-2-7-22-46)47-23-8-3-9-24-47/h1-40H. The summed E-state index contributed by atoms with van der Waals surface area (Å²) in [6, 6.07) is 87.7. The molecule has 0 aliphatic heterocycles. The molecule has 294 valence electrons. The molecule has 0 N–H and O–H groups in total. The minimum absolute atomic E-state index is 0.440. The summed E-state index contributed by atoms with van der Waals surface area (Å²) in [7, 11) is 0. The van der Waals surface area contributed by atoms with Gasteiger partial charge in [0.05, 0.1) is 16.8 Å². The van der Waals surface area contributed by atoms with Crippen molar-refractivity contribution in [2.75, 3.05) is 0 Å². The van der Waals surface area contributed by atoms with E-state index in [1.54, 1.807) is 0 Å². The van der Waals surface area contributed by atoms with Crippen molar-refractivity contribution in [3.05, 3.63) is 265 Å². The second-order valence-electron chi connectivity index (χ2n) is 16.4. The lowest BCUT2D eigenvalue weighted by molar-refractivity contribution is 0.768. The molecule has 2 nitrogen and oxygen atoms in total. The highest BCUT2D eigenvalue weighted by Crippen LogP contribution is 2.57. The number of rotatable bonds is 7. The van der Waals surface area contributed by atoms with Crippen molar-refractivity contribution in [2.45, 2.75) is 5.41 Å². The van der Waals surface area contributed by atoms with Gasteiger partial charge in [-0.1, -0.05) is 224 Å². The van der Waals surface area contributed by atoms with E-state index in [9.17, 15) is 0 Å². The Morgan fingerprint density at radius 1 is 0.270 bits per heavy atom. The van der Waals surface area contributed by atoms with Crippen LogP contribution in [0.1, 0.15) is 22.3 Å². The van der Waals surface area contributed by atoms with Crippen LogP contribution < -0.4 is 0 Å². The maximum absolute atomic E-state index is 5.40. The number of aromatic nitrogens is 2. The van der Waals surface area contributed by atoms with E-state index < -0.39 is 5.41 Å². The van der Waals surface area contributed by atoms with Gasteiger partial charge in [-0.2, -0.15) is 0 Å². The SMILES string of the molecule is c1ccc(-c2ccc(-c3cc(-c4cccc5ccccc45)nc(-c4ccc(-c5ccc6c(c5)-c5ccccc5C6(c5ccccc5)c5ccccc5)c5ccccc45)n3)cc2)cc1. The molecule has 0 radical (unpaired) electrons. The van der Waals surface area contributed by atoms with E-state index in [2.05, 4.69) is 243 Å². The molecule has 2 heteroatoms. The second kappa shape index (κ2) is 15.1. The molecule has 1 aromatic heterocycles. The smallest absolute Gasteiger partial charge is 0.161 e. The highest BCUT2D eigenvalue weighted by Gasteiger charge is 2.46. The van der Waals surface area contributed by atoms with E-state index >= 15 is 0 Å². The number of fused-ring (bicyclic) bond motifs is 5. The highest BCUT2D eigenvalue weighted by molar-refractivity contribution is 6.05. The molecule has 1 aliphatic rings. The third kappa shape index (κ3) is 6.02. The van der Waals surface area contributed by atoms with Crippen molar-refractivity contribution in [1.82, 2.24) is 9.97 Å². The first-order valence-corrected chi connectivity index (χ1v) is 21.6. The van der Waals surface area contributed by atoms with E-state index in [0.717, 1.165) is 44.2 Å². The van der Waals surface area contributed by atoms with E-state index in [0.29, 0.717) is 5.82 Å². The van der Waals surface area contributed by atoms with Crippen LogP contribution in [-0.2, 0) is 5.41 Å². The number of hydrogen-bond donors (Lipinski definition) is 0. The largest absolute Gasteiger partial charge is 0.228 e. The van der Waals surface area contributed by atoms with Gasteiger partial charge in [0.2, 0.25) is 0 Å². The summed E-state index contributed by atoms with van der Waals surface area (Å²) in [5, 5.41) is 4.61. The summed E-state index contributed by atoms with van der Waals surface area (Å²) in [6.45, 7) is 0. The fraction of sp³-hybridized carbons (Fsp3) is 0.0164. The molecular formula is C61H40N2. The lowest BCUT2D eigenvalue weighted by Gasteiger charge is -2.33. The molecule has 1 heterocycles. The van der Waals surface area contributed by atoms with Gasteiger partial charge in [-0.05, 0) is 95.4 Å². The van der Waals surface area contributed by atoms with Crippen LogP contribution in [0.5, 0.6) is 0 Å². The predicted molar refractivity (Wildman–Crippen MR) is 262 cm³/mol. The zero-order valence-electron chi connectivity index (χ0n) is 34.5. The van der Waals surface area contributed by atoms with Crippen LogP contribution in [0.25, 0.3) is 88.8 Å². The van der Waals surface area contributed by atoms with Gasteiger partial charge in [0.25, 0.3) is 0 Å². The lowest BCUT2D eigenvalue weighted by atomic mass is 9.67. The van der Waals surface area contributed by atoms with Crippen LogP contribution in [0, 0.1) is 0 Å². The van der Waals surface area contributed by atoms with Gasteiger partial charge >= 0.3 is 0 Å². The zero-order valence-corrected chi connectivity index (χ0v) is 34.5. The number of hydrogen-bond acceptors (Lipinski definition) is 2. The minimum atomic E-state index is -0.440. The molecule has 0 atom stereocenters. The van der Waals surface area contributed by atoms with Crippen molar-refractivity contribution in [3.8, 4) is 67.3 Å². The van der Waals surface area contributed by atoms with Crippen LogP contribution in [0.2, 0.25) is 0 Å². The Kier molecular flexibility index (Phi) is 8.76. The van der Waals surface area contributed by atoms with E-state index in [1.807, 2.05) is 0 Å². The fourth-order valence-electron chi connectivity index (χ4n) is 10.1. The first kappa shape index (κ1) is 36.6. The van der Waals surface area contributed by atoms with Gasteiger partial charge in [0, 0.05) is 16.7 Å². The van der Waals surface area contributed by atoms with Gasteiger partial charge in [-0.3, -0.25) is 0 Å². The molecular weight excluding hydrogens is 761 g/mol. The molecule has 63 heavy (non-hydrogen) atoms. The number of nitrogens with zero attached hydrogens (tertiary/aromatic N) is 2. The lowest BCUT2D eigenvalue weighted by Crippen LogP contribution is -2.28. The van der Waals surface area contributed by atoms with Gasteiger partial charge in [0.1, 0.15) is 0 Å². The molecule has 1 aliphatic carbocycles. The van der Waals surface area contributed by atoms with Crippen molar-refractivity contribution in [3.63, 3.8) is 0 Å². The highest BCUT2D eigenvalue weighted by atomic mass is 14.9. The summed E-state index contributed by atoms with van der Waals surface area (Å²) in [5.41, 5.74) is 16.8. The Balaban J connectivity index is 1.03. The normalized spacial score (nSPS) is 12.6. The summed E-state index contributed by atoms with van der Waals surface area (Å²) in [6.07, 6.45) is 0. The van der Waals surface area contributed by atoms with Crippen molar-refractivity contribution < 1.29 is 0 Å². The van der Waals surface area contributed by atoms with Crippen molar-refractivity contribution in [2.24, 2.45) is 0 Å². The van der Waals surface area contributed by atoms with Crippen LogP contribution >= 0.6 is 0 Å². The zero-order chi connectivity index (χ0) is 41.7. The Labute approximate surface area is 367 Å². The topological polar surface area (TPSA) is 25.8 Å². The molecule has 0 saturated carbocycles. The maximum atomic E-state index is 5.40. The van der Waals surface area contributed by atoms with Gasteiger partial charge < -0.3 is 0 Å². The Morgan fingerprint density at radius 2 is 0.778 bits per heavy atom. The molecule has 0 unspecified atom stereocenters. The van der Waals surface area contributed by atoms with Crippen LogP contribution in [0.3, 0.4) is 0 Å².